The summed E-state index contributed by atoms with van der Waals surface area (Å²) in [5.74, 6) is 0. The third-order valence-electron chi connectivity index (χ3n) is 3.75. The van der Waals surface area contributed by atoms with Gasteiger partial charge in [0.1, 0.15) is 6.04 Å². The van der Waals surface area contributed by atoms with E-state index in [0.29, 0.717) is 6.04 Å². The van der Waals surface area contributed by atoms with Crippen molar-refractivity contribution in [3.63, 3.8) is 0 Å². The third-order valence-corrected chi connectivity index (χ3v) is 3.75. The van der Waals surface area contributed by atoms with Crippen LogP contribution in [0.15, 0.2) is 6.20 Å². The van der Waals surface area contributed by atoms with Crippen molar-refractivity contribution in [1.29, 1.82) is 5.26 Å². The number of hydrogen-bond acceptors (Lipinski definition) is 3. The van der Waals surface area contributed by atoms with E-state index < -0.39 is 0 Å². The first-order chi connectivity index (χ1) is 8.70. The Labute approximate surface area is 109 Å². The summed E-state index contributed by atoms with van der Waals surface area (Å²) in [5.41, 5.74) is 1.97. The SMILES string of the molecule is Cc1nn(C)cc1C(C#N)NC1CCCCCC1. The average Bonchev–Trinajstić information content (AvgIpc) is 2.57. The number of aromatic nitrogens is 2. The zero-order valence-corrected chi connectivity index (χ0v) is 11.3. The molecule has 0 amide bonds. The van der Waals surface area contributed by atoms with Gasteiger partial charge in [0.05, 0.1) is 11.8 Å². The Morgan fingerprint density at radius 1 is 1.39 bits per heavy atom. The molecule has 1 fully saturated rings. The van der Waals surface area contributed by atoms with Crippen molar-refractivity contribution < 1.29 is 0 Å². The van der Waals surface area contributed by atoms with Crippen LogP contribution in [0.4, 0.5) is 0 Å². The molecule has 1 aromatic rings. The van der Waals surface area contributed by atoms with Crippen molar-refractivity contribution in [1.82, 2.24) is 15.1 Å². The van der Waals surface area contributed by atoms with Crippen LogP contribution in [0.3, 0.4) is 0 Å². The molecular formula is C14H22N4. The minimum absolute atomic E-state index is 0.221. The van der Waals surface area contributed by atoms with Crippen molar-refractivity contribution in [3.8, 4) is 6.07 Å². The molecule has 1 saturated carbocycles. The monoisotopic (exact) mass is 246 g/mol. The van der Waals surface area contributed by atoms with Gasteiger partial charge in [0.25, 0.3) is 0 Å². The van der Waals surface area contributed by atoms with Crippen LogP contribution < -0.4 is 5.32 Å². The van der Waals surface area contributed by atoms with Crippen LogP contribution >= 0.6 is 0 Å². The van der Waals surface area contributed by atoms with Gasteiger partial charge in [-0.3, -0.25) is 10.00 Å². The van der Waals surface area contributed by atoms with E-state index in [1.807, 2.05) is 20.2 Å². The van der Waals surface area contributed by atoms with E-state index in [0.717, 1.165) is 11.3 Å². The van der Waals surface area contributed by atoms with Crippen LogP contribution in [-0.2, 0) is 7.05 Å². The Balaban J connectivity index is 2.05. The zero-order valence-electron chi connectivity index (χ0n) is 11.3. The minimum atomic E-state index is -0.221. The summed E-state index contributed by atoms with van der Waals surface area (Å²) < 4.78 is 1.78. The van der Waals surface area contributed by atoms with Crippen molar-refractivity contribution in [2.75, 3.05) is 0 Å². The van der Waals surface area contributed by atoms with Gasteiger partial charge in [0, 0.05) is 24.8 Å². The number of hydrogen-bond donors (Lipinski definition) is 1. The molecule has 0 bridgehead atoms. The van der Waals surface area contributed by atoms with Gasteiger partial charge < -0.3 is 0 Å². The van der Waals surface area contributed by atoms with Crippen LogP contribution in [0.25, 0.3) is 0 Å². The first-order valence-electron chi connectivity index (χ1n) is 6.86. The summed E-state index contributed by atoms with van der Waals surface area (Å²) in [6, 6.07) is 2.64. The largest absolute Gasteiger partial charge is 0.295 e. The standard InChI is InChI=1S/C14H22N4/c1-11-13(10-18(2)17-11)14(9-15)16-12-7-5-3-4-6-8-12/h10,12,14,16H,3-8H2,1-2H3. The minimum Gasteiger partial charge on any atom is -0.295 e. The number of nitrogens with zero attached hydrogens (tertiary/aromatic N) is 3. The Morgan fingerprint density at radius 2 is 2.06 bits per heavy atom. The lowest BCUT2D eigenvalue weighted by Crippen LogP contribution is -2.32. The fourth-order valence-corrected chi connectivity index (χ4v) is 2.78. The van der Waals surface area contributed by atoms with E-state index >= 15 is 0 Å². The van der Waals surface area contributed by atoms with Gasteiger partial charge in [-0.15, -0.1) is 0 Å². The molecule has 1 aliphatic carbocycles. The molecule has 18 heavy (non-hydrogen) atoms. The molecule has 2 rings (SSSR count). The number of nitrogens with one attached hydrogen (secondary N) is 1. The predicted molar refractivity (Wildman–Crippen MR) is 70.9 cm³/mol. The summed E-state index contributed by atoms with van der Waals surface area (Å²) in [7, 11) is 1.90. The molecule has 1 unspecified atom stereocenters. The molecule has 1 atom stereocenters. The van der Waals surface area contributed by atoms with E-state index in [9.17, 15) is 5.26 Å². The van der Waals surface area contributed by atoms with Crippen LogP contribution in [0, 0.1) is 18.3 Å². The predicted octanol–water partition coefficient (Wildman–Crippen LogP) is 2.61. The van der Waals surface area contributed by atoms with Crippen LogP contribution in [0.1, 0.15) is 55.8 Å². The quantitative estimate of drug-likeness (QED) is 0.834. The third kappa shape index (κ3) is 3.11. The summed E-state index contributed by atoms with van der Waals surface area (Å²) in [5, 5.41) is 17.2. The van der Waals surface area contributed by atoms with Gasteiger partial charge in [0.15, 0.2) is 0 Å². The van der Waals surface area contributed by atoms with E-state index in [2.05, 4.69) is 16.5 Å². The molecule has 1 N–H and O–H groups in total. The summed E-state index contributed by atoms with van der Waals surface area (Å²) in [6.45, 7) is 1.97. The second kappa shape index (κ2) is 6.01. The number of nitriles is 1. The van der Waals surface area contributed by atoms with Crippen LogP contribution in [0.5, 0.6) is 0 Å². The maximum atomic E-state index is 9.36. The molecule has 0 aromatic carbocycles. The maximum absolute atomic E-state index is 9.36. The molecule has 1 aliphatic rings. The summed E-state index contributed by atoms with van der Waals surface area (Å²) >= 11 is 0. The first-order valence-corrected chi connectivity index (χ1v) is 6.86. The highest BCUT2D eigenvalue weighted by Gasteiger charge is 2.20. The molecule has 0 saturated heterocycles. The van der Waals surface area contributed by atoms with Gasteiger partial charge in [0.2, 0.25) is 0 Å². The lowest BCUT2D eigenvalue weighted by atomic mass is 10.0. The summed E-state index contributed by atoms with van der Waals surface area (Å²) in [4.78, 5) is 0. The van der Waals surface area contributed by atoms with Gasteiger partial charge in [-0.05, 0) is 19.8 Å². The lowest BCUT2D eigenvalue weighted by Gasteiger charge is -2.20. The topological polar surface area (TPSA) is 53.6 Å². The fraction of sp³-hybridized carbons (Fsp3) is 0.714. The molecule has 1 aromatic heterocycles. The van der Waals surface area contributed by atoms with Gasteiger partial charge in [-0.2, -0.15) is 10.4 Å². The van der Waals surface area contributed by atoms with Crippen molar-refractivity contribution in [2.45, 2.75) is 57.5 Å². The van der Waals surface area contributed by atoms with E-state index in [1.165, 1.54) is 38.5 Å². The molecule has 0 spiro atoms. The molecule has 0 aliphatic heterocycles. The zero-order chi connectivity index (χ0) is 13.0. The molecule has 0 radical (unpaired) electrons. The Kier molecular flexibility index (Phi) is 4.38. The maximum Gasteiger partial charge on any atom is 0.124 e. The lowest BCUT2D eigenvalue weighted by molar-refractivity contribution is 0.436. The van der Waals surface area contributed by atoms with Gasteiger partial charge in [-0.25, -0.2) is 0 Å². The first kappa shape index (κ1) is 13.1. The number of aryl methyl sites for hydroxylation is 2. The summed E-state index contributed by atoms with van der Waals surface area (Å²) in [6.07, 6.45) is 9.56. The molecule has 98 valence electrons. The highest BCUT2D eigenvalue weighted by molar-refractivity contribution is 5.25. The highest BCUT2D eigenvalue weighted by atomic mass is 15.3. The Bertz CT molecular complexity index is 421. The van der Waals surface area contributed by atoms with Crippen molar-refractivity contribution in [2.24, 2.45) is 7.05 Å². The second-order valence-corrected chi connectivity index (χ2v) is 5.26. The van der Waals surface area contributed by atoms with E-state index in [4.69, 9.17) is 0 Å². The Hall–Kier alpha value is -1.34. The molecule has 4 nitrogen and oxygen atoms in total. The van der Waals surface area contributed by atoms with Crippen molar-refractivity contribution >= 4 is 0 Å². The average molecular weight is 246 g/mol. The van der Waals surface area contributed by atoms with Crippen molar-refractivity contribution in [3.05, 3.63) is 17.5 Å². The highest BCUT2D eigenvalue weighted by Crippen LogP contribution is 2.22. The normalized spacial score (nSPS) is 19.2. The fourth-order valence-electron chi connectivity index (χ4n) is 2.78. The van der Waals surface area contributed by atoms with Crippen LogP contribution in [-0.4, -0.2) is 15.8 Å². The second-order valence-electron chi connectivity index (χ2n) is 5.26. The molecule has 1 heterocycles. The number of rotatable bonds is 3. The van der Waals surface area contributed by atoms with E-state index in [1.54, 1.807) is 4.68 Å². The Morgan fingerprint density at radius 3 is 2.56 bits per heavy atom. The van der Waals surface area contributed by atoms with E-state index in [-0.39, 0.29) is 6.04 Å². The molecule has 4 heteroatoms. The smallest absolute Gasteiger partial charge is 0.124 e. The van der Waals surface area contributed by atoms with Crippen LogP contribution in [0.2, 0.25) is 0 Å². The van der Waals surface area contributed by atoms with Gasteiger partial charge in [-0.1, -0.05) is 25.7 Å². The van der Waals surface area contributed by atoms with Gasteiger partial charge >= 0.3 is 0 Å². The molecular weight excluding hydrogens is 224 g/mol.